The van der Waals surface area contributed by atoms with Gasteiger partial charge in [0.2, 0.25) is 0 Å². The highest BCUT2D eigenvalue weighted by Gasteiger charge is 2.32. The molecule has 1 fully saturated rings. The van der Waals surface area contributed by atoms with E-state index in [4.69, 9.17) is 11.6 Å². The first kappa shape index (κ1) is 15.4. The lowest BCUT2D eigenvalue weighted by Gasteiger charge is -2.06. The van der Waals surface area contributed by atoms with Gasteiger partial charge in [-0.25, -0.2) is 9.97 Å². The lowest BCUT2D eigenvalue weighted by molar-refractivity contribution is -0.137. The second-order valence-corrected chi connectivity index (χ2v) is 6.34. The van der Waals surface area contributed by atoms with Crippen molar-refractivity contribution < 1.29 is 13.2 Å². The van der Waals surface area contributed by atoms with Gasteiger partial charge in [-0.05, 0) is 36.5 Å². The Morgan fingerprint density at radius 1 is 1.17 bits per heavy atom. The van der Waals surface area contributed by atoms with Crippen LogP contribution in [0.25, 0.3) is 22.7 Å². The van der Waals surface area contributed by atoms with Crippen LogP contribution in [0.4, 0.5) is 13.2 Å². The molecule has 0 unspecified atom stereocenters. The summed E-state index contributed by atoms with van der Waals surface area (Å²) in [7, 11) is 1.68. The monoisotopic (exact) mass is 352 g/mol. The van der Waals surface area contributed by atoms with Gasteiger partial charge in [0.1, 0.15) is 11.2 Å². The average Bonchev–Trinajstić information content (AvgIpc) is 3.32. The van der Waals surface area contributed by atoms with Gasteiger partial charge in [0.25, 0.3) is 0 Å². The molecule has 0 amide bonds. The number of nitrogens with zero attached hydrogens (tertiary/aromatic N) is 4. The van der Waals surface area contributed by atoms with Crippen molar-refractivity contribution in [3.8, 4) is 11.5 Å². The van der Waals surface area contributed by atoms with Gasteiger partial charge in [-0.2, -0.15) is 13.2 Å². The Hall–Kier alpha value is -2.15. The minimum Gasteiger partial charge on any atom is -0.310 e. The number of imidazole rings is 1. The molecule has 1 aliphatic carbocycles. The van der Waals surface area contributed by atoms with Gasteiger partial charge in [0.05, 0.1) is 10.6 Å². The van der Waals surface area contributed by atoms with Gasteiger partial charge in [-0.3, -0.25) is 4.98 Å². The Labute approximate surface area is 140 Å². The summed E-state index contributed by atoms with van der Waals surface area (Å²) in [5.74, 6) is 0.907. The fourth-order valence-corrected chi connectivity index (χ4v) is 2.96. The van der Waals surface area contributed by atoms with E-state index in [1.54, 1.807) is 17.8 Å². The summed E-state index contributed by atoms with van der Waals surface area (Å²) in [5, 5.41) is 0.439. The third kappa shape index (κ3) is 2.53. The molecule has 1 saturated carbocycles. The van der Waals surface area contributed by atoms with Crippen LogP contribution in [0.2, 0.25) is 5.02 Å². The van der Waals surface area contributed by atoms with Crippen molar-refractivity contribution in [2.75, 3.05) is 0 Å². The van der Waals surface area contributed by atoms with Crippen molar-refractivity contribution in [1.82, 2.24) is 19.5 Å². The average molecular weight is 353 g/mol. The number of pyridine rings is 2. The Morgan fingerprint density at radius 2 is 1.92 bits per heavy atom. The van der Waals surface area contributed by atoms with E-state index in [2.05, 4.69) is 15.0 Å². The molecule has 3 heterocycles. The van der Waals surface area contributed by atoms with Crippen LogP contribution in [-0.2, 0) is 13.2 Å². The first-order valence-corrected chi connectivity index (χ1v) is 7.78. The standard InChI is InChI=1S/C16H12ClF3N4/c1-24-14-12(5-10(7-22-14)16(18,19)20)23-15(24)13-11(17)4-9(6-21-13)8-2-3-8/h4-8H,2-3H2,1H3. The van der Waals surface area contributed by atoms with E-state index >= 15 is 0 Å². The van der Waals surface area contributed by atoms with Gasteiger partial charge in [-0.1, -0.05) is 11.6 Å². The lowest BCUT2D eigenvalue weighted by Crippen LogP contribution is -2.05. The predicted molar refractivity (Wildman–Crippen MR) is 83.7 cm³/mol. The highest BCUT2D eigenvalue weighted by molar-refractivity contribution is 6.33. The van der Waals surface area contributed by atoms with Crippen molar-refractivity contribution in [3.63, 3.8) is 0 Å². The highest BCUT2D eigenvalue weighted by atomic mass is 35.5. The number of hydrogen-bond donors (Lipinski definition) is 0. The van der Waals surface area contributed by atoms with E-state index in [0.717, 1.165) is 30.7 Å². The number of aromatic nitrogens is 4. The smallest absolute Gasteiger partial charge is 0.310 e. The number of hydrogen-bond acceptors (Lipinski definition) is 3. The fourth-order valence-electron chi connectivity index (χ4n) is 2.70. The molecular formula is C16H12ClF3N4. The summed E-state index contributed by atoms with van der Waals surface area (Å²) in [6, 6.07) is 2.84. The number of aryl methyl sites for hydroxylation is 1. The molecule has 124 valence electrons. The SMILES string of the molecule is Cn1c(-c2ncc(C3CC3)cc2Cl)nc2cc(C(F)(F)F)cnc21. The van der Waals surface area contributed by atoms with Crippen LogP contribution in [-0.4, -0.2) is 19.5 Å². The molecule has 0 radical (unpaired) electrons. The Morgan fingerprint density at radius 3 is 2.54 bits per heavy atom. The summed E-state index contributed by atoms with van der Waals surface area (Å²) >= 11 is 6.32. The predicted octanol–water partition coefficient (Wildman–Crippen LogP) is 4.58. The van der Waals surface area contributed by atoms with E-state index in [-0.39, 0.29) is 5.52 Å². The van der Waals surface area contributed by atoms with Crippen LogP contribution in [0, 0.1) is 0 Å². The van der Waals surface area contributed by atoms with Crippen molar-refractivity contribution in [2.24, 2.45) is 7.05 Å². The topological polar surface area (TPSA) is 43.6 Å². The molecule has 0 saturated heterocycles. The van der Waals surface area contributed by atoms with Crippen molar-refractivity contribution >= 4 is 22.8 Å². The molecule has 3 aromatic heterocycles. The summed E-state index contributed by atoms with van der Waals surface area (Å²) in [5.41, 5.74) is 1.20. The molecular weight excluding hydrogens is 341 g/mol. The summed E-state index contributed by atoms with van der Waals surface area (Å²) in [6.45, 7) is 0. The third-order valence-electron chi connectivity index (χ3n) is 4.16. The zero-order chi connectivity index (χ0) is 17.1. The minimum absolute atomic E-state index is 0.159. The van der Waals surface area contributed by atoms with Crippen molar-refractivity contribution in [2.45, 2.75) is 24.9 Å². The Kier molecular flexibility index (Phi) is 3.32. The maximum Gasteiger partial charge on any atom is 0.417 e. The minimum atomic E-state index is -4.46. The summed E-state index contributed by atoms with van der Waals surface area (Å²) in [6.07, 6.45) is 0.369. The normalized spacial score (nSPS) is 15.2. The van der Waals surface area contributed by atoms with Crippen LogP contribution in [0.15, 0.2) is 24.5 Å². The fraction of sp³-hybridized carbons (Fsp3) is 0.312. The lowest BCUT2D eigenvalue weighted by atomic mass is 10.2. The van der Waals surface area contributed by atoms with E-state index in [1.165, 1.54) is 0 Å². The summed E-state index contributed by atoms with van der Waals surface area (Å²) < 4.78 is 40.1. The summed E-state index contributed by atoms with van der Waals surface area (Å²) in [4.78, 5) is 12.5. The molecule has 0 bridgehead atoms. The van der Waals surface area contributed by atoms with E-state index in [0.29, 0.717) is 28.1 Å². The molecule has 4 rings (SSSR count). The highest BCUT2D eigenvalue weighted by Crippen LogP contribution is 2.41. The van der Waals surface area contributed by atoms with Crippen LogP contribution in [0.1, 0.15) is 29.9 Å². The molecule has 24 heavy (non-hydrogen) atoms. The largest absolute Gasteiger partial charge is 0.417 e. The quantitative estimate of drug-likeness (QED) is 0.678. The number of fused-ring (bicyclic) bond motifs is 1. The van der Waals surface area contributed by atoms with Gasteiger partial charge >= 0.3 is 6.18 Å². The second kappa shape index (κ2) is 5.17. The van der Waals surface area contributed by atoms with Gasteiger partial charge in [0, 0.05) is 19.4 Å². The maximum absolute atomic E-state index is 12.8. The first-order valence-electron chi connectivity index (χ1n) is 7.40. The molecule has 1 aliphatic rings. The zero-order valence-corrected chi connectivity index (χ0v) is 13.4. The molecule has 3 aromatic rings. The Bertz CT molecular complexity index is 944. The Balaban J connectivity index is 1.83. The molecule has 0 aliphatic heterocycles. The van der Waals surface area contributed by atoms with Gasteiger partial charge in [-0.15, -0.1) is 0 Å². The molecule has 0 spiro atoms. The van der Waals surface area contributed by atoms with Crippen LogP contribution < -0.4 is 0 Å². The van der Waals surface area contributed by atoms with Crippen molar-refractivity contribution in [3.05, 3.63) is 40.7 Å². The number of alkyl halides is 3. The first-order chi connectivity index (χ1) is 11.3. The van der Waals surface area contributed by atoms with Crippen LogP contribution >= 0.6 is 11.6 Å². The molecule has 0 atom stereocenters. The maximum atomic E-state index is 12.8. The van der Waals surface area contributed by atoms with E-state index in [1.807, 2.05) is 6.07 Å². The zero-order valence-electron chi connectivity index (χ0n) is 12.6. The van der Waals surface area contributed by atoms with E-state index < -0.39 is 11.7 Å². The second-order valence-electron chi connectivity index (χ2n) is 5.93. The van der Waals surface area contributed by atoms with Crippen LogP contribution in [0.5, 0.6) is 0 Å². The molecule has 0 aromatic carbocycles. The van der Waals surface area contributed by atoms with Crippen LogP contribution in [0.3, 0.4) is 0 Å². The molecule has 0 N–H and O–H groups in total. The van der Waals surface area contributed by atoms with E-state index in [9.17, 15) is 13.2 Å². The number of halogens is 4. The van der Waals surface area contributed by atoms with Gasteiger partial charge in [0.15, 0.2) is 11.5 Å². The van der Waals surface area contributed by atoms with Crippen molar-refractivity contribution in [1.29, 1.82) is 0 Å². The van der Waals surface area contributed by atoms with Gasteiger partial charge < -0.3 is 4.57 Å². The molecule has 8 heteroatoms. The number of rotatable bonds is 2. The third-order valence-corrected chi connectivity index (χ3v) is 4.45. The molecule has 4 nitrogen and oxygen atoms in total.